The van der Waals surface area contributed by atoms with Gasteiger partial charge in [0.2, 0.25) is 0 Å². The fraction of sp³-hybridized carbons (Fsp3) is 0.500. The maximum absolute atomic E-state index is 12.2. The first-order chi connectivity index (χ1) is 9.63. The minimum absolute atomic E-state index is 0.0174. The van der Waals surface area contributed by atoms with Gasteiger partial charge in [-0.2, -0.15) is 8.78 Å². The average Bonchev–Trinajstić information content (AvgIpc) is 2.41. The lowest BCUT2D eigenvalue weighted by atomic mass is 10.1. The van der Waals surface area contributed by atoms with Crippen LogP contribution in [-0.4, -0.2) is 31.3 Å². The number of anilines is 1. The molecule has 0 aliphatic carbocycles. The monoisotopic (exact) mass is 301 g/mol. The molecule has 0 spiro atoms. The first kappa shape index (κ1) is 15.3. The zero-order chi connectivity index (χ0) is 14.4. The standard InChI is InChI=1S/C14H18F2N2OS/c15-14(16)20-12-6-4-11(5-7-12)17-13(19)10-18-8-2-1-3-9-18/h4-7,14H,1-3,8-10H2,(H,17,19)/p+1. The molecule has 1 aromatic carbocycles. The molecule has 1 heterocycles. The summed E-state index contributed by atoms with van der Waals surface area (Å²) in [5, 5.41) is 2.81. The summed E-state index contributed by atoms with van der Waals surface area (Å²) >= 11 is 0.504. The molecule has 0 aromatic heterocycles. The van der Waals surface area contributed by atoms with E-state index in [0.717, 1.165) is 13.1 Å². The summed E-state index contributed by atoms with van der Waals surface area (Å²) in [6, 6.07) is 6.52. The van der Waals surface area contributed by atoms with E-state index in [1.165, 1.54) is 24.2 Å². The third kappa shape index (κ3) is 5.09. The number of piperidine rings is 1. The molecular formula is C14H19F2N2OS+. The highest BCUT2D eigenvalue weighted by Crippen LogP contribution is 2.26. The predicted octanol–water partition coefficient (Wildman–Crippen LogP) is 2.01. The van der Waals surface area contributed by atoms with Crippen molar-refractivity contribution in [1.29, 1.82) is 0 Å². The van der Waals surface area contributed by atoms with Gasteiger partial charge in [-0.25, -0.2) is 0 Å². The topological polar surface area (TPSA) is 33.5 Å². The van der Waals surface area contributed by atoms with Crippen LogP contribution >= 0.6 is 11.8 Å². The molecule has 2 N–H and O–H groups in total. The van der Waals surface area contributed by atoms with E-state index in [4.69, 9.17) is 0 Å². The second-order valence-electron chi connectivity index (χ2n) is 4.94. The van der Waals surface area contributed by atoms with Crippen molar-refractivity contribution >= 4 is 23.4 Å². The van der Waals surface area contributed by atoms with Crippen molar-refractivity contribution in [2.45, 2.75) is 29.9 Å². The number of thioether (sulfide) groups is 1. The number of carbonyl (C=O) groups is 1. The Bertz CT molecular complexity index is 433. The molecule has 0 saturated carbocycles. The molecule has 0 bridgehead atoms. The van der Waals surface area contributed by atoms with Crippen molar-refractivity contribution in [3.63, 3.8) is 0 Å². The number of hydrogen-bond acceptors (Lipinski definition) is 2. The lowest BCUT2D eigenvalue weighted by molar-refractivity contribution is -0.896. The van der Waals surface area contributed by atoms with Crippen LogP contribution in [0.5, 0.6) is 0 Å². The third-order valence-electron chi connectivity index (χ3n) is 3.33. The van der Waals surface area contributed by atoms with E-state index in [-0.39, 0.29) is 5.91 Å². The molecule has 1 amide bonds. The first-order valence-electron chi connectivity index (χ1n) is 6.82. The molecule has 1 saturated heterocycles. The summed E-state index contributed by atoms with van der Waals surface area (Å²) in [5.41, 5.74) is 0.657. The summed E-state index contributed by atoms with van der Waals surface area (Å²) in [6.07, 6.45) is 3.62. The van der Waals surface area contributed by atoms with E-state index >= 15 is 0 Å². The molecule has 1 aliphatic heterocycles. The molecule has 110 valence electrons. The van der Waals surface area contributed by atoms with Crippen molar-refractivity contribution in [3.05, 3.63) is 24.3 Å². The van der Waals surface area contributed by atoms with Crippen LogP contribution in [0.25, 0.3) is 0 Å². The van der Waals surface area contributed by atoms with Crippen LogP contribution in [0.1, 0.15) is 19.3 Å². The number of likely N-dealkylation sites (tertiary alicyclic amines) is 1. The van der Waals surface area contributed by atoms with Gasteiger partial charge in [0.1, 0.15) is 0 Å². The van der Waals surface area contributed by atoms with Gasteiger partial charge in [-0.3, -0.25) is 4.79 Å². The van der Waals surface area contributed by atoms with Crippen molar-refractivity contribution < 1.29 is 18.5 Å². The molecule has 0 unspecified atom stereocenters. The van der Waals surface area contributed by atoms with Gasteiger partial charge in [-0.15, -0.1) is 0 Å². The van der Waals surface area contributed by atoms with E-state index in [9.17, 15) is 13.6 Å². The number of rotatable bonds is 5. The number of benzene rings is 1. The Morgan fingerprint density at radius 2 is 1.85 bits per heavy atom. The van der Waals surface area contributed by atoms with Gasteiger partial charge in [0.05, 0.1) is 13.1 Å². The summed E-state index contributed by atoms with van der Waals surface area (Å²) < 4.78 is 24.4. The van der Waals surface area contributed by atoms with Crippen LogP contribution in [0.2, 0.25) is 0 Å². The summed E-state index contributed by atoms with van der Waals surface area (Å²) in [7, 11) is 0. The highest BCUT2D eigenvalue weighted by molar-refractivity contribution is 7.99. The molecule has 0 atom stereocenters. The number of amides is 1. The van der Waals surface area contributed by atoms with Crippen LogP contribution in [0.4, 0.5) is 14.5 Å². The lowest BCUT2D eigenvalue weighted by Crippen LogP contribution is -3.13. The maximum atomic E-state index is 12.2. The molecule has 1 fully saturated rings. The zero-order valence-corrected chi connectivity index (χ0v) is 12.0. The van der Waals surface area contributed by atoms with Crippen LogP contribution in [0.15, 0.2) is 29.2 Å². The third-order valence-corrected chi connectivity index (χ3v) is 4.06. The minimum atomic E-state index is -2.42. The van der Waals surface area contributed by atoms with Crippen LogP contribution in [-0.2, 0) is 4.79 Å². The predicted molar refractivity (Wildman–Crippen MR) is 76.3 cm³/mol. The number of carbonyl (C=O) groups excluding carboxylic acids is 1. The Morgan fingerprint density at radius 1 is 1.20 bits per heavy atom. The Balaban J connectivity index is 1.81. The van der Waals surface area contributed by atoms with Gasteiger partial charge >= 0.3 is 0 Å². The fourth-order valence-electron chi connectivity index (χ4n) is 2.38. The van der Waals surface area contributed by atoms with Gasteiger partial charge in [-0.05, 0) is 43.5 Å². The molecule has 1 aromatic rings. The van der Waals surface area contributed by atoms with Gasteiger partial charge in [0.15, 0.2) is 6.54 Å². The van der Waals surface area contributed by atoms with Crippen molar-refractivity contribution in [2.75, 3.05) is 25.0 Å². The fourth-order valence-corrected chi connectivity index (χ4v) is 2.88. The first-order valence-corrected chi connectivity index (χ1v) is 7.70. The highest BCUT2D eigenvalue weighted by atomic mass is 32.2. The number of quaternary nitrogens is 1. The number of hydrogen-bond donors (Lipinski definition) is 2. The van der Waals surface area contributed by atoms with Gasteiger partial charge in [0, 0.05) is 10.6 Å². The molecule has 2 rings (SSSR count). The Morgan fingerprint density at radius 3 is 2.45 bits per heavy atom. The van der Waals surface area contributed by atoms with E-state index in [1.54, 1.807) is 24.3 Å². The van der Waals surface area contributed by atoms with E-state index in [1.807, 2.05) is 0 Å². The highest BCUT2D eigenvalue weighted by Gasteiger charge is 2.17. The number of halogens is 2. The summed E-state index contributed by atoms with van der Waals surface area (Å²) in [4.78, 5) is 13.7. The molecule has 3 nitrogen and oxygen atoms in total. The zero-order valence-electron chi connectivity index (χ0n) is 11.2. The van der Waals surface area contributed by atoms with Gasteiger partial charge in [-0.1, -0.05) is 11.8 Å². The minimum Gasteiger partial charge on any atom is -0.327 e. The van der Waals surface area contributed by atoms with Crippen LogP contribution in [0.3, 0.4) is 0 Å². The number of alkyl halides is 2. The normalized spacial score (nSPS) is 16.4. The SMILES string of the molecule is O=C(C[NH+]1CCCCC1)Nc1ccc(SC(F)F)cc1. The largest absolute Gasteiger partial charge is 0.327 e. The molecular weight excluding hydrogens is 282 g/mol. The Kier molecular flexibility index (Phi) is 5.79. The van der Waals surface area contributed by atoms with Gasteiger partial charge < -0.3 is 10.2 Å². The number of nitrogens with one attached hydrogen (secondary N) is 2. The van der Waals surface area contributed by atoms with E-state index < -0.39 is 5.76 Å². The van der Waals surface area contributed by atoms with Crippen LogP contribution in [0, 0.1) is 0 Å². The second-order valence-corrected chi connectivity index (χ2v) is 6.00. The smallest absolute Gasteiger partial charge is 0.288 e. The second kappa shape index (κ2) is 7.59. The van der Waals surface area contributed by atoms with Crippen molar-refractivity contribution in [3.8, 4) is 0 Å². The summed E-state index contributed by atoms with van der Waals surface area (Å²) in [5.74, 6) is -2.44. The molecule has 0 radical (unpaired) electrons. The molecule has 20 heavy (non-hydrogen) atoms. The summed E-state index contributed by atoms with van der Waals surface area (Å²) in [6.45, 7) is 2.59. The molecule has 6 heteroatoms. The van der Waals surface area contributed by atoms with Crippen LogP contribution < -0.4 is 10.2 Å². The maximum Gasteiger partial charge on any atom is 0.288 e. The Labute approximate surface area is 121 Å². The van der Waals surface area contributed by atoms with Gasteiger partial charge in [0.25, 0.3) is 11.7 Å². The average molecular weight is 301 g/mol. The van der Waals surface area contributed by atoms with E-state index in [0.29, 0.717) is 28.9 Å². The molecule has 1 aliphatic rings. The van der Waals surface area contributed by atoms with Crippen molar-refractivity contribution in [1.82, 2.24) is 0 Å². The lowest BCUT2D eigenvalue weighted by Gasteiger charge is -2.22. The quantitative estimate of drug-likeness (QED) is 0.816. The van der Waals surface area contributed by atoms with Crippen molar-refractivity contribution in [2.24, 2.45) is 0 Å². The Hall–Kier alpha value is -1.14. The van der Waals surface area contributed by atoms with E-state index in [2.05, 4.69) is 5.32 Å².